The van der Waals surface area contributed by atoms with Gasteiger partial charge >= 0.3 is 0 Å². The van der Waals surface area contributed by atoms with Crippen molar-refractivity contribution in [3.8, 4) is 5.75 Å². The Hall–Kier alpha value is -2.11. The average Bonchev–Trinajstić information content (AvgIpc) is 2.57. The predicted molar refractivity (Wildman–Crippen MR) is 94.6 cm³/mol. The van der Waals surface area contributed by atoms with E-state index in [2.05, 4.69) is 5.32 Å². The van der Waals surface area contributed by atoms with Gasteiger partial charge < -0.3 is 15.8 Å². The molecule has 4 nitrogen and oxygen atoms in total. The highest BCUT2D eigenvalue weighted by Crippen LogP contribution is 2.14. The topological polar surface area (TPSA) is 64.4 Å². The number of hydrogen-bond donors (Lipinski definition) is 2. The van der Waals surface area contributed by atoms with Crippen LogP contribution >= 0.6 is 12.4 Å². The van der Waals surface area contributed by atoms with Gasteiger partial charge in [-0.25, -0.2) is 4.39 Å². The van der Waals surface area contributed by atoms with Crippen molar-refractivity contribution in [3.63, 3.8) is 0 Å². The van der Waals surface area contributed by atoms with Crippen molar-refractivity contribution in [2.75, 3.05) is 6.54 Å². The number of ether oxygens (including phenoxy) is 1. The summed E-state index contributed by atoms with van der Waals surface area (Å²) in [6.45, 7) is 1.31. The molecule has 24 heavy (non-hydrogen) atoms. The van der Waals surface area contributed by atoms with E-state index in [0.717, 1.165) is 11.1 Å². The maximum absolute atomic E-state index is 13.1. The zero-order valence-electron chi connectivity index (χ0n) is 13.3. The molecule has 0 saturated heterocycles. The normalized spacial score (nSPS) is 9.92. The number of rotatable bonds is 8. The molecule has 0 aliphatic heterocycles. The van der Waals surface area contributed by atoms with E-state index in [4.69, 9.17) is 10.5 Å². The standard InChI is InChI=1S/C18H21FN2O2.ClH/c19-16-4-1-3-15(11-16)13-23-17-8-6-14(7-9-17)12-21-18(22)5-2-10-20;/h1,3-4,6-9,11H,2,5,10,12-13,20H2,(H,21,22);1H. The predicted octanol–water partition coefficient (Wildman–Crippen LogP) is 3.18. The van der Waals surface area contributed by atoms with Crippen LogP contribution in [0, 0.1) is 5.82 Å². The molecule has 0 atom stereocenters. The van der Waals surface area contributed by atoms with Crippen LogP contribution in [0.2, 0.25) is 0 Å². The van der Waals surface area contributed by atoms with Gasteiger partial charge in [0.2, 0.25) is 5.91 Å². The van der Waals surface area contributed by atoms with Crippen molar-refractivity contribution in [1.29, 1.82) is 0 Å². The van der Waals surface area contributed by atoms with Crippen molar-refractivity contribution in [3.05, 3.63) is 65.5 Å². The first-order valence-electron chi connectivity index (χ1n) is 7.60. The monoisotopic (exact) mass is 352 g/mol. The van der Waals surface area contributed by atoms with E-state index in [1.165, 1.54) is 12.1 Å². The van der Waals surface area contributed by atoms with Crippen molar-refractivity contribution in [1.82, 2.24) is 5.32 Å². The van der Waals surface area contributed by atoms with Crippen LogP contribution in [-0.2, 0) is 17.9 Å². The van der Waals surface area contributed by atoms with E-state index in [9.17, 15) is 9.18 Å². The Kier molecular flexibility index (Phi) is 8.83. The van der Waals surface area contributed by atoms with Crippen LogP contribution in [0.5, 0.6) is 5.75 Å². The summed E-state index contributed by atoms with van der Waals surface area (Å²) in [5.74, 6) is 0.432. The lowest BCUT2D eigenvalue weighted by molar-refractivity contribution is -0.121. The molecule has 1 amide bonds. The lowest BCUT2D eigenvalue weighted by Gasteiger charge is -2.08. The quantitative estimate of drug-likeness (QED) is 0.767. The van der Waals surface area contributed by atoms with Gasteiger partial charge in [0.25, 0.3) is 0 Å². The summed E-state index contributed by atoms with van der Waals surface area (Å²) < 4.78 is 18.7. The number of benzene rings is 2. The molecule has 0 spiro atoms. The largest absolute Gasteiger partial charge is 0.489 e. The van der Waals surface area contributed by atoms with E-state index in [1.807, 2.05) is 30.3 Å². The van der Waals surface area contributed by atoms with Gasteiger partial charge in [-0.1, -0.05) is 24.3 Å². The number of amides is 1. The molecule has 0 radical (unpaired) electrons. The molecule has 0 aromatic heterocycles. The molecule has 2 aromatic carbocycles. The van der Waals surface area contributed by atoms with Gasteiger partial charge in [0.1, 0.15) is 18.2 Å². The van der Waals surface area contributed by atoms with Crippen molar-refractivity contribution >= 4 is 18.3 Å². The van der Waals surface area contributed by atoms with Crippen LogP contribution in [0.25, 0.3) is 0 Å². The molecule has 0 aliphatic carbocycles. The van der Waals surface area contributed by atoms with Gasteiger partial charge in [0, 0.05) is 13.0 Å². The van der Waals surface area contributed by atoms with Gasteiger partial charge in [-0.15, -0.1) is 12.4 Å². The maximum Gasteiger partial charge on any atom is 0.220 e. The summed E-state index contributed by atoms with van der Waals surface area (Å²) in [5, 5.41) is 2.84. The molecule has 130 valence electrons. The Labute approximate surface area is 147 Å². The van der Waals surface area contributed by atoms with Gasteiger partial charge in [-0.3, -0.25) is 4.79 Å². The first-order chi connectivity index (χ1) is 11.2. The Balaban J connectivity index is 0.00000288. The molecule has 6 heteroatoms. The molecule has 0 bridgehead atoms. The van der Waals surface area contributed by atoms with Crippen molar-refractivity contribution in [2.45, 2.75) is 26.0 Å². The Morgan fingerprint density at radius 1 is 1.12 bits per heavy atom. The molecule has 0 heterocycles. The second-order valence-electron chi connectivity index (χ2n) is 5.23. The van der Waals surface area contributed by atoms with E-state index in [0.29, 0.717) is 38.3 Å². The van der Waals surface area contributed by atoms with Crippen LogP contribution in [0.1, 0.15) is 24.0 Å². The van der Waals surface area contributed by atoms with Crippen LogP contribution < -0.4 is 15.8 Å². The fourth-order valence-electron chi connectivity index (χ4n) is 2.05. The summed E-state index contributed by atoms with van der Waals surface area (Å²) in [4.78, 5) is 11.5. The summed E-state index contributed by atoms with van der Waals surface area (Å²) in [5.41, 5.74) is 7.13. The zero-order chi connectivity index (χ0) is 16.5. The number of hydrogen-bond acceptors (Lipinski definition) is 3. The number of carbonyl (C=O) groups is 1. The van der Waals surface area contributed by atoms with Crippen LogP contribution in [0.4, 0.5) is 4.39 Å². The van der Waals surface area contributed by atoms with Gasteiger partial charge in [-0.05, 0) is 48.4 Å². The lowest BCUT2D eigenvalue weighted by atomic mass is 10.2. The van der Waals surface area contributed by atoms with E-state index in [-0.39, 0.29) is 24.1 Å². The van der Waals surface area contributed by atoms with Crippen LogP contribution in [0.15, 0.2) is 48.5 Å². The van der Waals surface area contributed by atoms with Gasteiger partial charge in [0.05, 0.1) is 0 Å². The molecule has 0 fully saturated rings. The van der Waals surface area contributed by atoms with E-state index >= 15 is 0 Å². The molecule has 0 saturated carbocycles. The Bertz CT molecular complexity index is 635. The first kappa shape index (κ1) is 19.9. The Morgan fingerprint density at radius 3 is 2.54 bits per heavy atom. The molecular formula is C18H22ClFN2O2. The third kappa shape index (κ3) is 6.98. The van der Waals surface area contributed by atoms with Crippen molar-refractivity contribution in [2.24, 2.45) is 5.73 Å². The minimum absolute atomic E-state index is 0. The Morgan fingerprint density at radius 2 is 1.88 bits per heavy atom. The molecule has 0 unspecified atom stereocenters. The third-order valence-electron chi connectivity index (χ3n) is 3.32. The van der Waals surface area contributed by atoms with E-state index in [1.54, 1.807) is 6.07 Å². The second-order valence-corrected chi connectivity index (χ2v) is 5.23. The highest BCUT2D eigenvalue weighted by Gasteiger charge is 2.02. The fourth-order valence-corrected chi connectivity index (χ4v) is 2.05. The lowest BCUT2D eigenvalue weighted by Crippen LogP contribution is -2.23. The summed E-state index contributed by atoms with van der Waals surface area (Å²) >= 11 is 0. The summed E-state index contributed by atoms with van der Waals surface area (Å²) in [6.07, 6.45) is 1.14. The summed E-state index contributed by atoms with van der Waals surface area (Å²) in [7, 11) is 0. The van der Waals surface area contributed by atoms with Crippen LogP contribution in [0.3, 0.4) is 0 Å². The average molecular weight is 353 g/mol. The van der Waals surface area contributed by atoms with E-state index < -0.39 is 0 Å². The SMILES string of the molecule is Cl.NCCCC(=O)NCc1ccc(OCc2cccc(F)c2)cc1. The maximum atomic E-state index is 13.1. The number of carbonyl (C=O) groups excluding carboxylic acids is 1. The number of halogens is 2. The smallest absolute Gasteiger partial charge is 0.220 e. The van der Waals surface area contributed by atoms with Crippen LogP contribution in [-0.4, -0.2) is 12.5 Å². The highest BCUT2D eigenvalue weighted by atomic mass is 35.5. The minimum Gasteiger partial charge on any atom is -0.489 e. The third-order valence-corrected chi connectivity index (χ3v) is 3.32. The molecule has 3 N–H and O–H groups in total. The number of nitrogens with one attached hydrogen (secondary N) is 1. The summed E-state index contributed by atoms with van der Waals surface area (Å²) in [6, 6.07) is 13.8. The molecule has 2 aromatic rings. The minimum atomic E-state index is -0.271. The second kappa shape index (κ2) is 10.6. The first-order valence-corrected chi connectivity index (χ1v) is 7.60. The molecular weight excluding hydrogens is 331 g/mol. The number of nitrogens with two attached hydrogens (primary N) is 1. The van der Waals surface area contributed by atoms with Crippen molar-refractivity contribution < 1.29 is 13.9 Å². The van der Waals surface area contributed by atoms with Gasteiger partial charge in [0.15, 0.2) is 0 Å². The highest BCUT2D eigenvalue weighted by molar-refractivity contribution is 5.85. The fraction of sp³-hybridized carbons (Fsp3) is 0.278. The molecule has 2 rings (SSSR count). The zero-order valence-corrected chi connectivity index (χ0v) is 14.2. The van der Waals surface area contributed by atoms with Gasteiger partial charge in [-0.2, -0.15) is 0 Å². The molecule has 0 aliphatic rings.